The van der Waals surface area contributed by atoms with Gasteiger partial charge in [0.05, 0.1) is 0 Å². The average Bonchev–Trinajstić information content (AvgIpc) is 2.39. The number of carbonyl (C=O) groups excluding carboxylic acids is 1. The largest absolute Gasteiger partial charge is 0.312 e. The van der Waals surface area contributed by atoms with Gasteiger partial charge in [0.2, 0.25) is 5.91 Å². The Hall–Kier alpha value is -1.83. The third kappa shape index (κ3) is 1.91. The van der Waals surface area contributed by atoms with E-state index >= 15 is 0 Å². The van der Waals surface area contributed by atoms with Crippen molar-refractivity contribution in [2.24, 2.45) is 0 Å². The summed E-state index contributed by atoms with van der Waals surface area (Å²) in [7, 11) is 0. The van der Waals surface area contributed by atoms with Crippen LogP contribution in [0.15, 0.2) is 42.5 Å². The van der Waals surface area contributed by atoms with Crippen molar-refractivity contribution in [3.63, 3.8) is 0 Å². The lowest BCUT2D eigenvalue weighted by molar-refractivity contribution is -0.119. The first-order valence-corrected chi connectivity index (χ1v) is 6.14. The van der Waals surface area contributed by atoms with Crippen LogP contribution in [-0.4, -0.2) is 12.5 Å². The van der Waals surface area contributed by atoms with Gasteiger partial charge in [-0.2, -0.15) is 0 Å². The Morgan fingerprint density at radius 3 is 2.59 bits per heavy atom. The fourth-order valence-electron chi connectivity index (χ4n) is 2.42. The zero-order chi connectivity index (χ0) is 11.7. The highest BCUT2D eigenvalue weighted by atomic mass is 16.2. The summed E-state index contributed by atoms with van der Waals surface area (Å²) in [5.41, 5.74) is 1.04. The fraction of sp³-hybridized carbons (Fsp3) is 0.267. The number of anilines is 1. The minimum absolute atomic E-state index is 0.256. The molecule has 2 aromatic carbocycles. The van der Waals surface area contributed by atoms with Gasteiger partial charge in [0.15, 0.2) is 0 Å². The quantitative estimate of drug-likeness (QED) is 0.728. The topological polar surface area (TPSA) is 20.3 Å². The number of rotatable bonds is 1. The number of benzene rings is 2. The average molecular weight is 225 g/mol. The van der Waals surface area contributed by atoms with Gasteiger partial charge < -0.3 is 4.90 Å². The molecule has 1 aliphatic heterocycles. The van der Waals surface area contributed by atoms with Gasteiger partial charge in [-0.05, 0) is 35.7 Å². The molecule has 1 aliphatic rings. The van der Waals surface area contributed by atoms with Crippen LogP contribution in [0.3, 0.4) is 0 Å². The van der Waals surface area contributed by atoms with Crippen LogP contribution in [-0.2, 0) is 4.79 Å². The van der Waals surface area contributed by atoms with Gasteiger partial charge in [-0.1, -0.05) is 30.3 Å². The molecular weight excluding hydrogens is 210 g/mol. The van der Waals surface area contributed by atoms with E-state index in [0.717, 1.165) is 25.1 Å². The molecule has 0 unspecified atom stereocenters. The predicted octanol–water partition coefficient (Wildman–Crippen LogP) is 3.36. The van der Waals surface area contributed by atoms with Crippen molar-refractivity contribution in [2.45, 2.75) is 19.3 Å². The number of hydrogen-bond donors (Lipinski definition) is 0. The molecule has 0 N–H and O–H groups in total. The monoisotopic (exact) mass is 225 g/mol. The van der Waals surface area contributed by atoms with Gasteiger partial charge in [-0.15, -0.1) is 0 Å². The number of amides is 1. The van der Waals surface area contributed by atoms with Crippen molar-refractivity contribution >= 4 is 22.4 Å². The lowest BCUT2D eigenvalue weighted by Gasteiger charge is -2.27. The molecule has 86 valence electrons. The maximum absolute atomic E-state index is 11.9. The van der Waals surface area contributed by atoms with Crippen LogP contribution in [0.5, 0.6) is 0 Å². The van der Waals surface area contributed by atoms with E-state index in [9.17, 15) is 4.79 Å². The SMILES string of the molecule is O=C1CCCCN1c1ccc2ccccc2c1. The number of carbonyl (C=O) groups is 1. The second kappa shape index (κ2) is 4.21. The Kier molecular flexibility index (Phi) is 2.56. The predicted molar refractivity (Wildman–Crippen MR) is 70.2 cm³/mol. The van der Waals surface area contributed by atoms with Gasteiger partial charge in [-0.25, -0.2) is 0 Å². The zero-order valence-corrected chi connectivity index (χ0v) is 9.73. The van der Waals surface area contributed by atoms with Gasteiger partial charge in [-0.3, -0.25) is 4.79 Å². The summed E-state index contributed by atoms with van der Waals surface area (Å²) in [4.78, 5) is 13.8. The summed E-state index contributed by atoms with van der Waals surface area (Å²) in [6, 6.07) is 14.5. The minimum Gasteiger partial charge on any atom is -0.312 e. The van der Waals surface area contributed by atoms with E-state index in [-0.39, 0.29) is 5.91 Å². The molecule has 0 saturated carbocycles. The fourth-order valence-corrected chi connectivity index (χ4v) is 2.42. The first-order valence-electron chi connectivity index (χ1n) is 6.14. The Morgan fingerprint density at radius 2 is 1.76 bits per heavy atom. The zero-order valence-electron chi connectivity index (χ0n) is 9.73. The van der Waals surface area contributed by atoms with Gasteiger partial charge in [0.1, 0.15) is 0 Å². The normalized spacial score (nSPS) is 16.5. The van der Waals surface area contributed by atoms with Crippen LogP contribution in [0, 0.1) is 0 Å². The molecule has 0 spiro atoms. The third-order valence-corrected chi connectivity index (χ3v) is 3.37. The maximum Gasteiger partial charge on any atom is 0.226 e. The first kappa shape index (κ1) is 10.3. The van der Waals surface area contributed by atoms with E-state index in [1.165, 1.54) is 10.8 Å². The van der Waals surface area contributed by atoms with Crippen molar-refractivity contribution in [3.05, 3.63) is 42.5 Å². The molecule has 1 fully saturated rings. The highest BCUT2D eigenvalue weighted by molar-refractivity contribution is 5.96. The molecule has 2 heteroatoms. The van der Waals surface area contributed by atoms with Gasteiger partial charge in [0, 0.05) is 18.7 Å². The molecule has 1 heterocycles. The van der Waals surface area contributed by atoms with E-state index in [4.69, 9.17) is 0 Å². The number of fused-ring (bicyclic) bond motifs is 1. The van der Waals surface area contributed by atoms with Crippen LogP contribution >= 0.6 is 0 Å². The summed E-state index contributed by atoms with van der Waals surface area (Å²) in [5, 5.41) is 2.42. The van der Waals surface area contributed by atoms with Crippen LogP contribution in [0.4, 0.5) is 5.69 Å². The number of nitrogens with zero attached hydrogens (tertiary/aromatic N) is 1. The molecule has 0 aliphatic carbocycles. The summed E-state index contributed by atoms with van der Waals surface area (Å²) in [6.45, 7) is 0.858. The van der Waals surface area contributed by atoms with Crippen LogP contribution in [0.25, 0.3) is 10.8 Å². The van der Waals surface area contributed by atoms with E-state index in [1.54, 1.807) is 0 Å². The molecule has 3 rings (SSSR count). The second-order valence-corrected chi connectivity index (χ2v) is 4.53. The lowest BCUT2D eigenvalue weighted by Crippen LogP contribution is -2.35. The highest BCUT2D eigenvalue weighted by Crippen LogP contribution is 2.25. The molecule has 1 saturated heterocycles. The van der Waals surface area contributed by atoms with E-state index in [0.29, 0.717) is 6.42 Å². The summed E-state index contributed by atoms with van der Waals surface area (Å²) < 4.78 is 0. The molecular formula is C15H15NO. The first-order chi connectivity index (χ1) is 8.34. The highest BCUT2D eigenvalue weighted by Gasteiger charge is 2.19. The van der Waals surface area contributed by atoms with E-state index in [2.05, 4.69) is 24.3 Å². The molecule has 2 nitrogen and oxygen atoms in total. The molecule has 17 heavy (non-hydrogen) atoms. The third-order valence-electron chi connectivity index (χ3n) is 3.37. The molecule has 0 atom stereocenters. The van der Waals surface area contributed by atoms with E-state index < -0.39 is 0 Å². The van der Waals surface area contributed by atoms with Crippen LogP contribution in [0.1, 0.15) is 19.3 Å². The smallest absolute Gasteiger partial charge is 0.226 e. The molecule has 0 radical (unpaired) electrons. The summed E-state index contributed by atoms with van der Waals surface area (Å²) >= 11 is 0. The molecule has 0 bridgehead atoms. The number of hydrogen-bond acceptors (Lipinski definition) is 1. The maximum atomic E-state index is 11.9. The summed E-state index contributed by atoms with van der Waals surface area (Å²) in [5.74, 6) is 0.256. The minimum atomic E-state index is 0.256. The number of piperidine rings is 1. The Bertz CT molecular complexity index is 562. The van der Waals surface area contributed by atoms with Gasteiger partial charge in [0.25, 0.3) is 0 Å². The Balaban J connectivity index is 2.02. The Morgan fingerprint density at radius 1 is 0.941 bits per heavy atom. The van der Waals surface area contributed by atoms with Crippen molar-refractivity contribution in [2.75, 3.05) is 11.4 Å². The second-order valence-electron chi connectivity index (χ2n) is 4.53. The molecule has 2 aromatic rings. The van der Waals surface area contributed by atoms with E-state index in [1.807, 2.05) is 23.1 Å². The van der Waals surface area contributed by atoms with Crippen molar-refractivity contribution in [1.29, 1.82) is 0 Å². The summed E-state index contributed by atoms with van der Waals surface area (Å²) in [6.07, 6.45) is 2.83. The van der Waals surface area contributed by atoms with Crippen molar-refractivity contribution in [1.82, 2.24) is 0 Å². The standard InChI is InChI=1S/C15H15NO/c17-15-7-3-4-10-16(15)14-9-8-12-5-1-2-6-13(12)11-14/h1-2,5-6,8-9,11H,3-4,7,10H2. The van der Waals surface area contributed by atoms with Gasteiger partial charge >= 0.3 is 0 Å². The Labute approximate surface area is 101 Å². The van der Waals surface area contributed by atoms with Crippen LogP contribution < -0.4 is 4.90 Å². The molecule has 1 amide bonds. The lowest BCUT2D eigenvalue weighted by atomic mass is 10.1. The van der Waals surface area contributed by atoms with Crippen LogP contribution in [0.2, 0.25) is 0 Å². The van der Waals surface area contributed by atoms with Crippen molar-refractivity contribution in [3.8, 4) is 0 Å². The molecule has 0 aromatic heterocycles. The van der Waals surface area contributed by atoms with Crippen molar-refractivity contribution < 1.29 is 4.79 Å².